The quantitative estimate of drug-likeness (QED) is 0.477. The van der Waals surface area contributed by atoms with Gasteiger partial charge in [-0.15, -0.1) is 0 Å². The predicted octanol–water partition coefficient (Wildman–Crippen LogP) is 3.96. The van der Waals surface area contributed by atoms with Crippen LogP contribution in [0.2, 0.25) is 0 Å². The van der Waals surface area contributed by atoms with Gasteiger partial charge in [0.15, 0.2) is 6.10 Å². The summed E-state index contributed by atoms with van der Waals surface area (Å²) >= 11 is 0. The molecule has 2 rings (SSSR count). The lowest BCUT2D eigenvalue weighted by atomic mass is 10.1. The van der Waals surface area contributed by atoms with Crippen LogP contribution in [-0.2, 0) is 9.53 Å². The van der Waals surface area contributed by atoms with Crippen LogP contribution in [0, 0.1) is 12.7 Å². The first-order valence-electron chi connectivity index (χ1n) is 7.21. The average Bonchev–Trinajstić information content (AvgIpc) is 2.53. The number of carbonyl (C=O) groups excluding carboxylic acids is 2. The molecule has 0 radical (unpaired) electrons. The van der Waals surface area contributed by atoms with Gasteiger partial charge >= 0.3 is 5.97 Å². The van der Waals surface area contributed by atoms with E-state index in [2.05, 4.69) is 0 Å². The molecule has 0 aliphatic heterocycles. The number of esters is 1. The Bertz CT molecular complexity index is 733. The second-order valence-electron chi connectivity index (χ2n) is 5.20. The van der Waals surface area contributed by atoms with Crippen LogP contribution < -0.4 is 0 Å². The molecule has 0 N–H and O–H groups in total. The van der Waals surface area contributed by atoms with Gasteiger partial charge in [-0.3, -0.25) is 4.79 Å². The van der Waals surface area contributed by atoms with Crippen molar-refractivity contribution in [3.8, 4) is 0 Å². The molecule has 0 heterocycles. The van der Waals surface area contributed by atoms with Gasteiger partial charge in [-0.2, -0.15) is 0 Å². The highest BCUT2D eigenvalue weighted by Crippen LogP contribution is 2.10. The molecule has 0 saturated heterocycles. The molecule has 0 aromatic heterocycles. The number of benzene rings is 2. The van der Waals surface area contributed by atoms with Crippen LogP contribution in [0.1, 0.15) is 28.4 Å². The highest BCUT2D eigenvalue weighted by Gasteiger charge is 2.18. The molecule has 2 aromatic rings. The van der Waals surface area contributed by atoms with Crippen LogP contribution in [-0.4, -0.2) is 17.9 Å². The number of ether oxygens (including phenoxy) is 1. The molecule has 0 saturated carbocycles. The lowest BCUT2D eigenvalue weighted by Crippen LogP contribution is -2.23. The molecule has 0 aliphatic carbocycles. The van der Waals surface area contributed by atoms with E-state index in [1.54, 1.807) is 24.3 Å². The maximum absolute atomic E-state index is 13.0. The van der Waals surface area contributed by atoms with Gasteiger partial charge in [-0.25, -0.2) is 9.18 Å². The molecule has 0 amide bonds. The van der Waals surface area contributed by atoms with Crippen molar-refractivity contribution in [1.82, 2.24) is 0 Å². The Morgan fingerprint density at radius 1 is 1.13 bits per heavy atom. The largest absolute Gasteiger partial charge is 0.451 e. The van der Waals surface area contributed by atoms with E-state index >= 15 is 0 Å². The summed E-state index contributed by atoms with van der Waals surface area (Å²) < 4.78 is 18.1. The normalized spacial score (nSPS) is 12.1. The van der Waals surface area contributed by atoms with E-state index in [1.165, 1.54) is 31.2 Å². The van der Waals surface area contributed by atoms with Crippen molar-refractivity contribution in [2.45, 2.75) is 20.0 Å². The van der Waals surface area contributed by atoms with Gasteiger partial charge in [0.25, 0.3) is 0 Å². The Morgan fingerprint density at radius 3 is 2.48 bits per heavy atom. The molecule has 3 nitrogen and oxygen atoms in total. The van der Waals surface area contributed by atoms with Crippen LogP contribution in [0.3, 0.4) is 0 Å². The number of aryl methyl sites for hydroxylation is 1. The lowest BCUT2D eigenvalue weighted by molar-refractivity contribution is -0.140. The van der Waals surface area contributed by atoms with Gasteiger partial charge in [0.05, 0.1) is 0 Å². The molecule has 0 unspecified atom stereocenters. The lowest BCUT2D eigenvalue weighted by Gasteiger charge is -2.11. The Morgan fingerprint density at radius 2 is 1.83 bits per heavy atom. The van der Waals surface area contributed by atoms with Gasteiger partial charge in [0.2, 0.25) is 5.78 Å². The fourth-order valence-corrected chi connectivity index (χ4v) is 1.99. The number of carbonyl (C=O) groups is 2. The average molecular weight is 312 g/mol. The Hall–Kier alpha value is -2.75. The maximum atomic E-state index is 13.0. The molecule has 23 heavy (non-hydrogen) atoms. The summed E-state index contributed by atoms with van der Waals surface area (Å²) in [6.45, 7) is 3.45. The molecule has 4 heteroatoms. The van der Waals surface area contributed by atoms with Crippen LogP contribution in [0.15, 0.2) is 54.6 Å². The van der Waals surface area contributed by atoms with E-state index in [-0.39, 0.29) is 11.6 Å². The van der Waals surface area contributed by atoms with Gasteiger partial charge in [0, 0.05) is 11.6 Å². The molecule has 118 valence electrons. The highest BCUT2D eigenvalue weighted by molar-refractivity contribution is 6.01. The number of ketones is 1. The molecular formula is C19H17FO3. The SMILES string of the molecule is Cc1ccc(C(=O)[C@H](C)OC(=O)/C=C/c2cccc(F)c2)cc1. The fourth-order valence-electron chi connectivity index (χ4n) is 1.99. The van der Waals surface area contributed by atoms with Gasteiger partial charge in [-0.1, -0.05) is 42.0 Å². The Balaban J connectivity index is 1.96. The van der Waals surface area contributed by atoms with E-state index in [9.17, 15) is 14.0 Å². The zero-order valence-electron chi connectivity index (χ0n) is 13.0. The minimum atomic E-state index is -0.887. The summed E-state index contributed by atoms with van der Waals surface area (Å²) in [5.74, 6) is -1.30. The topological polar surface area (TPSA) is 43.4 Å². The summed E-state index contributed by atoms with van der Waals surface area (Å²) in [4.78, 5) is 23.9. The first-order chi connectivity index (χ1) is 11.0. The first kappa shape index (κ1) is 16.6. The van der Waals surface area contributed by atoms with Gasteiger partial charge in [-0.05, 0) is 37.6 Å². The van der Waals surface area contributed by atoms with Crippen molar-refractivity contribution in [3.05, 3.63) is 77.1 Å². The summed E-state index contributed by atoms with van der Waals surface area (Å²) in [7, 11) is 0. The number of hydrogen-bond donors (Lipinski definition) is 0. The highest BCUT2D eigenvalue weighted by atomic mass is 19.1. The second kappa shape index (κ2) is 7.49. The van der Waals surface area contributed by atoms with Crippen molar-refractivity contribution in [2.75, 3.05) is 0 Å². The molecule has 1 atom stereocenters. The minimum absolute atomic E-state index is 0.266. The van der Waals surface area contributed by atoms with E-state index in [0.29, 0.717) is 11.1 Å². The maximum Gasteiger partial charge on any atom is 0.331 e. The monoisotopic (exact) mass is 312 g/mol. The zero-order valence-corrected chi connectivity index (χ0v) is 13.0. The van der Waals surface area contributed by atoms with Gasteiger partial charge < -0.3 is 4.74 Å². The molecule has 2 aromatic carbocycles. The van der Waals surface area contributed by atoms with Crippen LogP contribution in [0.25, 0.3) is 6.08 Å². The number of hydrogen-bond acceptors (Lipinski definition) is 3. The van der Waals surface area contributed by atoms with E-state index in [4.69, 9.17) is 4.74 Å². The van der Waals surface area contributed by atoms with Crippen LogP contribution >= 0.6 is 0 Å². The molecule has 0 aliphatic rings. The summed E-state index contributed by atoms with van der Waals surface area (Å²) in [5, 5.41) is 0. The van der Waals surface area contributed by atoms with Crippen LogP contribution in [0.4, 0.5) is 4.39 Å². The summed E-state index contributed by atoms with van der Waals surface area (Å²) in [5.41, 5.74) is 2.08. The molecule has 0 bridgehead atoms. The van der Waals surface area contributed by atoms with Crippen molar-refractivity contribution >= 4 is 17.8 Å². The second-order valence-corrected chi connectivity index (χ2v) is 5.20. The third-order valence-corrected chi connectivity index (χ3v) is 3.26. The minimum Gasteiger partial charge on any atom is -0.451 e. The van der Waals surface area contributed by atoms with E-state index < -0.39 is 12.1 Å². The smallest absolute Gasteiger partial charge is 0.331 e. The molecular weight excluding hydrogens is 295 g/mol. The van der Waals surface area contributed by atoms with Gasteiger partial charge in [0.1, 0.15) is 5.82 Å². The summed E-state index contributed by atoms with van der Waals surface area (Å²) in [6.07, 6.45) is 1.73. The van der Waals surface area contributed by atoms with Crippen molar-refractivity contribution in [3.63, 3.8) is 0 Å². The van der Waals surface area contributed by atoms with Crippen molar-refractivity contribution < 1.29 is 18.7 Å². The first-order valence-corrected chi connectivity index (χ1v) is 7.21. The molecule has 0 fully saturated rings. The standard InChI is InChI=1S/C19H17FO3/c1-13-6-9-16(10-7-13)19(22)14(2)23-18(21)11-8-15-4-3-5-17(20)12-15/h3-12,14H,1-2H3/b11-8+/t14-/m0/s1. The zero-order chi connectivity index (χ0) is 16.8. The third-order valence-electron chi connectivity index (χ3n) is 3.26. The Kier molecular flexibility index (Phi) is 5.41. The Labute approximate surface area is 134 Å². The van der Waals surface area contributed by atoms with E-state index in [0.717, 1.165) is 5.56 Å². The van der Waals surface area contributed by atoms with E-state index in [1.807, 2.05) is 19.1 Å². The number of rotatable bonds is 5. The van der Waals surface area contributed by atoms with Crippen molar-refractivity contribution in [1.29, 1.82) is 0 Å². The number of Topliss-reactive ketones (excluding diaryl/α,β-unsaturated/α-hetero) is 1. The summed E-state index contributed by atoms with van der Waals surface area (Å²) in [6, 6.07) is 12.9. The van der Waals surface area contributed by atoms with Crippen LogP contribution in [0.5, 0.6) is 0 Å². The van der Waals surface area contributed by atoms with Crippen molar-refractivity contribution in [2.24, 2.45) is 0 Å². The molecule has 0 spiro atoms. The number of halogens is 1. The predicted molar refractivity (Wildman–Crippen MR) is 86.5 cm³/mol. The fraction of sp³-hybridized carbons (Fsp3) is 0.158. The third kappa shape index (κ3) is 4.88.